The number of hydrogen-bond donors (Lipinski definition) is 6. The highest BCUT2D eigenvalue weighted by atomic mass is 16.4. The monoisotopic (exact) mass is 580 g/mol. The number of hydrazine groups is 4. The van der Waals surface area contributed by atoms with E-state index in [-0.39, 0.29) is 5.92 Å². The van der Waals surface area contributed by atoms with E-state index in [1.54, 1.807) is 6.92 Å². The first-order valence-corrected chi connectivity index (χ1v) is 14.8. The topological polar surface area (TPSA) is 187 Å². The molecule has 4 aliphatic rings. The molecular formula is C26H44N8O7. The summed E-state index contributed by atoms with van der Waals surface area (Å²) in [6.07, 6.45) is 3.16. The molecule has 4 fully saturated rings. The lowest BCUT2D eigenvalue weighted by Crippen LogP contribution is -2.70. The Balaban J connectivity index is 1.53. The van der Waals surface area contributed by atoms with Gasteiger partial charge in [-0.25, -0.2) is 26.5 Å². The van der Waals surface area contributed by atoms with Crippen LogP contribution in [0.2, 0.25) is 0 Å². The summed E-state index contributed by atoms with van der Waals surface area (Å²) in [5, 5.41) is 25.1. The zero-order chi connectivity index (χ0) is 29.7. The van der Waals surface area contributed by atoms with Gasteiger partial charge < -0.3 is 10.2 Å². The number of amides is 4. The van der Waals surface area contributed by atoms with Crippen molar-refractivity contribution in [2.24, 2.45) is 5.92 Å². The third-order valence-corrected chi connectivity index (χ3v) is 8.52. The molecule has 230 valence electrons. The lowest BCUT2D eigenvalue weighted by atomic mass is 9.98. The molecule has 6 N–H and O–H groups in total. The van der Waals surface area contributed by atoms with Crippen molar-refractivity contribution < 1.29 is 34.2 Å². The molecule has 41 heavy (non-hydrogen) atoms. The second kappa shape index (κ2) is 13.9. The first-order chi connectivity index (χ1) is 19.7. The summed E-state index contributed by atoms with van der Waals surface area (Å²) in [7, 11) is 0. The summed E-state index contributed by atoms with van der Waals surface area (Å²) in [6, 6.07) is -3.84. The second-order valence-electron chi connectivity index (χ2n) is 11.3. The molecule has 0 bridgehead atoms. The molecule has 4 heterocycles. The number of carbonyl (C=O) groups excluding carboxylic acids is 4. The van der Waals surface area contributed by atoms with Crippen molar-refractivity contribution in [1.29, 1.82) is 0 Å². The van der Waals surface area contributed by atoms with Gasteiger partial charge in [-0.05, 0) is 57.3 Å². The van der Waals surface area contributed by atoms with Crippen LogP contribution in [0.1, 0.15) is 71.6 Å². The number of aliphatic hydroxyl groups excluding tert-OH is 1. The van der Waals surface area contributed by atoms with E-state index in [0.29, 0.717) is 84.0 Å². The fourth-order valence-corrected chi connectivity index (χ4v) is 5.89. The quantitative estimate of drug-likeness (QED) is 0.205. The number of hydrogen-bond acceptors (Lipinski definition) is 10. The summed E-state index contributed by atoms with van der Waals surface area (Å²) in [5.74, 6) is -3.44. The van der Waals surface area contributed by atoms with Gasteiger partial charge in [0.25, 0.3) is 23.6 Å². The first-order valence-electron chi connectivity index (χ1n) is 14.8. The normalized spacial score (nSPS) is 29.0. The van der Waals surface area contributed by atoms with Crippen molar-refractivity contribution in [2.75, 3.05) is 26.2 Å². The highest BCUT2D eigenvalue weighted by Crippen LogP contribution is 2.24. The Kier molecular flexibility index (Phi) is 10.5. The van der Waals surface area contributed by atoms with Gasteiger partial charge in [0.1, 0.15) is 30.3 Å². The van der Waals surface area contributed by atoms with E-state index >= 15 is 0 Å². The molecule has 0 radical (unpaired) electrons. The third kappa shape index (κ3) is 6.64. The highest BCUT2D eigenvalue weighted by Gasteiger charge is 2.46. The molecule has 4 saturated heterocycles. The van der Waals surface area contributed by atoms with Crippen LogP contribution >= 0.6 is 0 Å². The average Bonchev–Trinajstić information content (AvgIpc) is 3.02. The molecule has 0 saturated carbocycles. The van der Waals surface area contributed by atoms with Crippen molar-refractivity contribution in [3.63, 3.8) is 0 Å². The van der Waals surface area contributed by atoms with Crippen LogP contribution in [0, 0.1) is 5.92 Å². The SMILES string of the molecule is CCC(C)C(O)C(=O)N1NCCCC1C(=O)N1NCCCC1C(=O)N1NCCCC1C(=O)N1NCCCC1C(=O)O. The molecule has 15 nitrogen and oxygen atoms in total. The number of nitrogens with zero attached hydrogens (tertiary/aromatic N) is 4. The molecule has 15 heteroatoms. The van der Waals surface area contributed by atoms with E-state index < -0.39 is 59.9 Å². The van der Waals surface area contributed by atoms with E-state index in [1.165, 1.54) is 15.0 Å². The molecule has 4 amide bonds. The predicted octanol–water partition coefficient (Wildman–Crippen LogP) is -1.54. The summed E-state index contributed by atoms with van der Waals surface area (Å²) >= 11 is 0. The zero-order valence-corrected chi connectivity index (χ0v) is 23.9. The summed E-state index contributed by atoms with van der Waals surface area (Å²) in [5.41, 5.74) is 11.9. The van der Waals surface area contributed by atoms with Gasteiger partial charge in [-0.3, -0.25) is 39.2 Å². The fourth-order valence-electron chi connectivity index (χ4n) is 5.89. The molecule has 4 rings (SSSR count). The van der Waals surface area contributed by atoms with Gasteiger partial charge in [-0.1, -0.05) is 20.3 Å². The van der Waals surface area contributed by atoms with Crippen LogP contribution in [-0.2, 0) is 24.0 Å². The summed E-state index contributed by atoms with van der Waals surface area (Å²) < 4.78 is 0. The smallest absolute Gasteiger partial charge is 0.328 e. The number of aliphatic carboxylic acids is 1. The van der Waals surface area contributed by atoms with Crippen molar-refractivity contribution in [3.8, 4) is 0 Å². The van der Waals surface area contributed by atoms with E-state index in [0.717, 1.165) is 5.01 Å². The largest absolute Gasteiger partial charge is 0.480 e. The minimum Gasteiger partial charge on any atom is -0.480 e. The number of nitrogens with one attached hydrogen (secondary N) is 4. The Morgan fingerprint density at radius 1 is 0.659 bits per heavy atom. The van der Waals surface area contributed by atoms with Crippen LogP contribution in [-0.4, -0.2) is 116 Å². The van der Waals surface area contributed by atoms with E-state index in [4.69, 9.17) is 0 Å². The average molecular weight is 581 g/mol. The molecular weight excluding hydrogens is 536 g/mol. The molecule has 0 aromatic rings. The van der Waals surface area contributed by atoms with Gasteiger partial charge in [-0.2, -0.15) is 0 Å². The van der Waals surface area contributed by atoms with Gasteiger partial charge in [-0.15, -0.1) is 0 Å². The summed E-state index contributed by atoms with van der Waals surface area (Å²) in [6.45, 7) is 5.47. The summed E-state index contributed by atoms with van der Waals surface area (Å²) in [4.78, 5) is 66.5. The number of carbonyl (C=O) groups is 5. The van der Waals surface area contributed by atoms with Gasteiger partial charge in [0.15, 0.2) is 0 Å². The van der Waals surface area contributed by atoms with Crippen molar-refractivity contribution in [1.82, 2.24) is 41.7 Å². The van der Waals surface area contributed by atoms with Crippen LogP contribution in [0.5, 0.6) is 0 Å². The van der Waals surface area contributed by atoms with Crippen LogP contribution in [0.25, 0.3) is 0 Å². The number of carboxylic acids is 1. The maximum atomic E-state index is 14.0. The molecule has 6 unspecified atom stereocenters. The van der Waals surface area contributed by atoms with Gasteiger partial charge in [0, 0.05) is 26.2 Å². The highest BCUT2D eigenvalue weighted by molar-refractivity contribution is 5.95. The molecule has 4 aliphatic heterocycles. The van der Waals surface area contributed by atoms with E-state index in [9.17, 15) is 34.2 Å². The Labute approximate surface area is 239 Å². The number of aliphatic hydroxyl groups is 1. The Morgan fingerprint density at radius 2 is 1.00 bits per heavy atom. The van der Waals surface area contributed by atoms with Crippen molar-refractivity contribution >= 4 is 29.6 Å². The second-order valence-corrected chi connectivity index (χ2v) is 11.3. The lowest BCUT2D eigenvalue weighted by Gasteiger charge is -2.45. The standard InChI is InChI=1S/C26H44N8O7/c1-3-16(2)21(35)25(39)33-19(10-6-14-29-33)23(37)31-17(8-4-12-27-31)22(36)32-18(9-5-13-28-32)24(38)34-20(26(40)41)11-7-15-30-34/h16-21,27-30,35H,3-15H2,1-2H3,(H,40,41). The Hall–Kier alpha value is -2.85. The zero-order valence-electron chi connectivity index (χ0n) is 23.9. The van der Waals surface area contributed by atoms with Crippen LogP contribution < -0.4 is 21.7 Å². The molecule has 0 aromatic heterocycles. The maximum absolute atomic E-state index is 14.0. The van der Waals surface area contributed by atoms with Gasteiger partial charge in [0.2, 0.25) is 0 Å². The van der Waals surface area contributed by atoms with Gasteiger partial charge >= 0.3 is 5.97 Å². The lowest BCUT2D eigenvalue weighted by molar-refractivity contribution is -0.170. The van der Waals surface area contributed by atoms with Crippen LogP contribution in [0.15, 0.2) is 0 Å². The molecule has 0 aliphatic carbocycles. The van der Waals surface area contributed by atoms with Crippen LogP contribution in [0.4, 0.5) is 0 Å². The fraction of sp³-hybridized carbons (Fsp3) is 0.808. The molecule has 6 atom stereocenters. The first kappa shape index (κ1) is 31.1. The van der Waals surface area contributed by atoms with Crippen LogP contribution in [0.3, 0.4) is 0 Å². The minimum atomic E-state index is -1.27. The number of carboxylic acid groups (broad SMARTS) is 1. The maximum Gasteiger partial charge on any atom is 0.328 e. The Bertz CT molecular complexity index is 999. The van der Waals surface area contributed by atoms with Crippen molar-refractivity contribution in [2.45, 2.75) is 102 Å². The number of rotatable bonds is 7. The third-order valence-electron chi connectivity index (χ3n) is 8.52. The van der Waals surface area contributed by atoms with Crippen molar-refractivity contribution in [3.05, 3.63) is 0 Å². The molecule has 0 spiro atoms. The predicted molar refractivity (Wildman–Crippen MR) is 145 cm³/mol. The minimum absolute atomic E-state index is 0.292. The van der Waals surface area contributed by atoms with Gasteiger partial charge in [0.05, 0.1) is 0 Å². The Morgan fingerprint density at radius 3 is 1.39 bits per heavy atom. The van der Waals surface area contributed by atoms with E-state index in [1.807, 2.05) is 6.92 Å². The molecule has 0 aromatic carbocycles. The van der Waals surface area contributed by atoms with E-state index in [2.05, 4.69) is 21.7 Å².